The number of amides is 1. The van der Waals surface area contributed by atoms with Gasteiger partial charge in [0.25, 0.3) is 0 Å². The lowest BCUT2D eigenvalue weighted by molar-refractivity contribution is -0.122. The van der Waals surface area contributed by atoms with E-state index in [0.717, 1.165) is 19.4 Å². The summed E-state index contributed by atoms with van der Waals surface area (Å²) in [7, 11) is 0. The normalized spacial score (nSPS) is 22.7. The van der Waals surface area contributed by atoms with E-state index < -0.39 is 0 Å². The molecule has 3 atom stereocenters. The number of piperidine rings is 1. The molecule has 0 aliphatic carbocycles. The fourth-order valence-corrected chi connectivity index (χ4v) is 3.15. The van der Waals surface area contributed by atoms with Crippen molar-refractivity contribution in [2.24, 2.45) is 5.92 Å². The highest BCUT2D eigenvalue weighted by atomic mass is 35.5. The summed E-state index contributed by atoms with van der Waals surface area (Å²) in [6.45, 7) is 7.60. The second-order valence-corrected chi connectivity index (χ2v) is 6.52. The van der Waals surface area contributed by atoms with Crippen molar-refractivity contribution in [1.29, 1.82) is 0 Å². The predicted octanol–water partition coefficient (Wildman–Crippen LogP) is 3.49. The average molecular weight is 325 g/mol. The molecule has 0 bridgehead atoms. The van der Waals surface area contributed by atoms with E-state index in [9.17, 15) is 4.79 Å². The third-order valence-corrected chi connectivity index (χ3v) is 4.55. The second-order valence-electron chi connectivity index (χ2n) is 6.52. The zero-order chi connectivity index (χ0) is 15.2. The Morgan fingerprint density at radius 2 is 2.00 bits per heavy atom. The number of nitrogens with one attached hydrogen (secondary N) is 2. The molecule has 2 N–H and O–H groups in total. The number of halogens is 1. The third kappa shape index (κ3) is 5.29. The first-order valence-electron chi connectivity index (χ1n) is 8.15. The largest absolute Gasteiger partial charge is 0.352 e. The van der Waals surface area contributed by atoms with Crippen molar-refractivity contribution < 1.29 is 4.79 Å². The molecular formula is C18H29ClN2O. The Balaban J connectivity index is 0.00000242. The molecule has 2 rings (SSSR count). The predicted molar refractivity (Wildman–Crippen MR) is 94.5 cm³/mol. The van der Waals surface area contributed by atoms with Gasteiger partial charge in [-0.05, 0) is 43.7 Å². The molecule has 3 nitrogen and oxygen atoms in total. The van der Waals surface area contributed by atoms with Crippen LogP contribution in [-0.4, -0.2) is 24.5 Å². The molecule has 0 saturated carbocycles. The van der Waals surface area contributed by atoms with Crippen LogP contribution in [0.15, 0.2) is 30.3 Å². The van der Waals surface area contributed by atoms with E-state index in [1.54, 1.807) is 0 Å². The van der Waals surface area contributed by atoms with Gasteiger partial charge in [-0.1, -0.05) is 44.2 Å². The monoisotopic (exact) mass is 324 g/mol. The van der Waals surface area contributed by atoms with E-state index in [4.69, 9.17) is 0 Å². The van der Waals surface area contributed by atoms with E-state index >= 15 is 0 Å². The van der Waals surface area contributed by atoms with Gasteiger partial charge in [-0.2, -0.15) is 0 Å². The quantitative estimate of drug-likeness (QED) is 0.870. The Kier molecular flexibility index (Phi) is 7.91. The topological polar surface area (TPSA) is 41.1 Å². The lowest BCUT2D eigenvalue weighted by Gasteiger charge is -2.31. The third-order valence-electron chi connectivity index (χ3n) is 4.55. The minimum Gasteiger partial charge on any atom is -0.352 e. The van der Waals surface area contributed by atoms with E-state index in [1.807, 2.05) is 6.07 Å². The molecule has 124 valence electrons. The van der Waals surface area contributed by atoms with Crippen LogP contribution < -0.4 is 10.6 Å². The van der Waals surface area contributed by atoms with Crippen LogP contribution in [0.4, 0.5) is 0 Å². The molecule has 3 unspecified atom stereocenters. The van der Waals surface area contributed by atoms with Gasteiger partial charge in [0.15, 0.2) is 0 Å². The van der Waals surface area contributed by atoms with Crippen molar-refractivity contribution in [2.45, 2.75) is 58.0 Å². The fraction of sp³-hybridized carbons (Fsp3) is 0.611. The van der Waals surface area contributed by atoms with Gasteiger partial charge in [-0.3, -0.25) is 4.79 Å². The highest BCUT2D eigenvalue weighted by molar-refractivity contribution is 5.85. The van der Waals surface area contributed by atoms with Crippen molar-refractivity contribution in [3.63, 3.8) is 0 Å². The number of carbonyl (C=O) groups excluding carboxylic acids is 1. The summed E-state index contributed by atoms with van der Waals surface area (Å²) in [6.07, 6.45) is 2.80. The Hall–Kier alpha value is -1.06. The number of rotatable bonds is 5. The molecule has 22 heavy (non-hydrogen) atoms. The fourth-order valence-electron chi connectivity index (χ4n) is 3.15. The summed E-state index contributed by atoms with van der Waals surface area (Å²) < 4.78 is 0. The Morgan fingerprint density at radius 3 is 2.59 bits per heavy atom. The maximum atomic E-state index is 12.4. The van der Waals surface area contributed by atoms with Crippen LogP contribution >= 0.6 is 12.4 Å². The summed E-state index contributed by atoms with van der Waals surface area (Å²) in [6, 6.07) is 11.0. The first-order valence-corrected chi connectivity index (χ1v) is 8.15. The van der Waals surface area contributed by atoms with Crippen molar-refractivity contribution in [3.8, 4) is 0 Å². The van der Waals surface area contributed by atoms with Crippen molar-refractivity contribution in [2.75, 3.05) is 6.54 Å². The smallest absolute Gasteiger partial charge is 0.220 e. The molecule has 1 fully saturated rings. The summed E-state index contributed by atoms with van der Waals surface area (Å²) in [5.41, 5.74) is 1.26. The van der Waals surface area contributed by atoms with Crippen LogP contribution in [0.2, 0.25) is 0 Å². The summed E-state index contributed by atoms with van der Waals surface area (Å²) in [5.74, 6) is 0.927. The van der Waals surface area contributed by atoms with Crippen LogP contribution in [0, 0.1) is 5.92 Å². The van der Waals surface area contributed by atoms with Gasteiger partial charge in [0.2, 0.25) is 5.91 Å². The van der Waals surface area contributed by atoms with Gasteiger partial charge in [0.1, 0.15) is 0 Å². The van der Waals surface area contributed by atoms with Crippen molar-refractivity contribution in [1.82, 2.24) is 10.6 Å². The SMILES string of the molecule is CC(C)C(CC(=O)NC1CCCNC1C)c1ccccc1.Cl. The molecule has 1 aromatic rings. The molecule has 1 amide bonds. The summed E-state index contributed by atoms with van der Waals surface area (Å²) in [4.78, 5) is 12.4. The van der Waals surface area contributed by atoms with Crippen LogP contribution in [0.5, 0.6) is 0 Å². The van der Waals surface area contributed by atoms with Crippen LogP contribution in [0.3, 0.4) is 0 Å². The van der Waals surface area contributed by atoms with Gasteiger partial charge in [-0.15, -0.1) is 12.4 Å². The maximum Gasteiger partial charge on any atom is 0.220 e. The van der Waals surface area contributed by atoms with Gasteiger partial charge < -0.3 is 10.6 Å². The number of hydrogen-bond donors (Lipinski definition) is 2. The lowest BCUT2D eigenvalue weighted by Crippen LogP contribution is -2.52. The maximum absolute atomic E-state index is 12.4. The standard InChI is InChI=1S/C18H28N2O.ClH/c1-13(2)16(15-8-5-4-6-9-15)12-18(21)20-17-10-7-11-19-14(17)3;/h4-6,8-9,13-14,16-17,19H,7,10-12H2,1-3H3,(H,20,21);1H. The molecule has 4 heteroatoms. The van der Waals surface area contributed by atoms with E-state index in [0.29, 0.717) is 18.4 Å². The average Bonchev–Trinajstić information content (AvgIpc) is 2.48. The van der Waals surface area contributed by atoms with Crippen molar-refractivity contribution >= 4 is 18.3 Å². The molecule has 1 saturated heterocycles. The highest BCUT2D eigenvalue weighted by Crippen LogP contribution is 2.27. The minimum absolute atomic E-state index is 0. The van der Waals surface area contributed by atoms with Gasteiger partial charge >= 0.3 is 0 Å². The number of benzene rings is 1. The molecule has 0 radical (unpaired) electrons. The van der Waals surface area contributed by atoms with Crippen LogP contribution in [-0.2, 0) is 4.79 Å². The molecule has 1 aliphatic rings. The Morgan fingerprint density at radius 1 is 1.32 bits per heavy atom. The Bertz CT molecular complexity index is 450. The summed E-state index contributed by atoms with van der Waals surface area (Å²) in [5, 5.41) is 6.65. The summed E-state index contributed by atoms with van der Waals surface area (Å²) >= 11 is 0. The van der Waals surface area contributed by atoms with Crippen molar-refractivity contribution in [3.05, 3.63) is 35.9 Å². The zero-order valence-corrected chi connectivity index (χ0v) is 14.7. The number of carbonyl (C=O) groups is 1. The molecule has 0 aromatic heterocycles. The second kappa shape index (κ2) is 9.16. The van der Waals surface area contributed by atoms with Gasteiger partial charge in [0, 0.05) is 18.5 Å². The first-order chi connectivity index (χ1) is 10.1. The van der Waals surface area contributed by atoms with E-state index in [2.05, 4.69) is 55.7 Å². The molecular weight excluding hydrogens is 296 g/mol. The number of hydrogen-bond acceptors (Lipinski definition) is 2. The lowest BCUT2D eigenvalue weighted by atomic mass is 9.85. The molecule has 1 heterocycles. The van der Waals surface area contributed by atoms with Gasteiger partial charge in [-0.25, -0.2) is 0 Å². The van der Waals surface area contributed by atoms with Crippen LogP contribution in [0.1, 0.15) is 51.5 Å². The Labute approximate surface area is 140 Å². The van der Waals surface area contributed by atoms with Gasteiger partial charge in [0.05, 0.1) is 0 Å². The molecule has 1 aliphatic heterocycles. The minimum atomic E-state index is 0. The van der Waals surface area contributed by atoms with E-state index in [1.165, 1.54) is 5.56 Å². The zero-order valence-electron chi connectivity index (χ0n) is 13.8. The van der Waals surface area contributed by atoms with E-state index in [-0.39, 0.29) is 30.3 Å². The molecule has 0 spiro atoms. The highest BCUT2D eigenvalue weighted by Gasteiger charge is 2.25. The van der Waals surface area contributed by atoms with Crippen LogP contribution in [0.25, 0.3) is 0 Å². The first kappa shape index (κ1) is 19.0. The molecule has 1 aromatic carbocycles.